The molecule has 0 radical (unpaired) electrons. The zero-order valence-electron chi connectivity index (χ0n) is 16.2. The molecular formula is C22H25N3O3. The lowest BCUT2D eigenvalue weighted by Gasteiger charge is -2.08. The molecule has 0 aliphatic carbocycles. The molecule has 0 aliphatic heterocycles. The first-order valence-electron chi connectivity index (χ1n) is 9.30. The molecule has 6 nitrogen and oxygen atoms in total. The molecule has 6 heteroatoms. The number of amides is 2. The van der Waals surface area contributed by atoms with E-state index in [-0.39, 0.29) is 11.8 Å². The minimum Gasteiger partial charge on any atom is -0.383 e. The van der Waals surface area contributed by atoms with Crippen LogP contribution in [0.1, 0.15) is 18.9 Å². The summed E-state index contributed by atoms with van der Waals surface area (Å²) < 4.78 is 7.36. The second-order valence-corrected chi connectivity index (χ2v) is 6.67. The van der Waals surface area contributed by atoms with E-state index >= 15 is 0 Å². The summed E-state index contributed by atoms with van der Waals surface area (Å²) in [5, 5.41) is 6.78. The maximum atomic E-state index is 12.4. The standard InChI is InChI=1S/C22H25N3O3/c1-16(26)23-18-6-5-7-19(14-18)24-22(27)11-10-17-15-25(12-13-28-2)21-9-4-3-8-20(17)21/h3-9,14-15H,10-13H2,1-2H3,(H,23,26)(H,24,27). The van der Waals surface area contributed by atoms with E-state index < -0.39 is 0 Å². The summed E-state index contributed by atoms with van der Waals surface area (Å²) in [7, 11) is 1.69. The predicted molar refractivity (Wildman–Crippen MR) is 112 cm³/mol. The van der Waals surface area contributed by atoms with Crippen molar-refractivity contribution in [1.82, 2.24) is 4.57 Å². The fourth-order valence-electron chi connectivity index (χ4n) is 3.25. The molecule has 1 heterocycles. The third-order valence-corrected chi connectivity index (χ3v) is 4.50. The molecule has 0 aliphatic rings. The van der Waals surface area contributed by atoms with Crippen LogP contribution in [0.25, 0.3) is 10.9 Å². The lowest BCUT2D eigenvalue weighted by Crippen LogP contribution is -2.13. The molecule has 2 amide bonds. The van der Waals surface area contributed by atoms with Gasteiger partial charge in [-0.3, -0.25) is 9.59 Å². The van der Waals surface area contributed by atoms with Crippen LogP contribution >= 0.6 is 0 Å². The molecule has 0 unspecified atom stereocenters. The van der Waals surface area contributed by atoms with E-state index in [2.05, 4.69) is 33.5 Å². The summed E-state index contributed by atoms with van der Waals surface area (Å²) >= 11 is 0. The van der Waals surface area contributed by atoms with E-state index in [1.807, 2.05) is 12.1 Å². The third kappa shape index (κ3) is 4.98. The lowest BCUT2D eigenvalue weighted by atomic mass is 10.1. The molecule has 0 atom stereocenters. The van der Waals surface area contributed by atoms with Crippen LogP contribution in [-0.2, 0) is 27.3 Å². The Morgan fingerprint density at radius 2 is 1.79 bits per heavy atom. The number of aromatic nitrogens is 1. The van der Waals surface area contributed by atoms with E-state index in [1.165, 1.54) is 12.3 Å². The van der Waals surface area contributed by atoms with Gasteiger partial charge < -0.3 is 19.9 Å². The molecule has 2 N–H and O–H groups in total. The van der Waals surface area contributed by atoms with Crippen molar-refractivity contribution in [2.24, 2.45) is 0 Å². The van der Waals surface area contributed by atoms with Crippen LogP contribution in [0.4, 0.5) is 11.4 Å². The van der Waals surface area contributed by atoms with Crippen molar-refractivity contribution in [3.05, 3.63) is 60.3 Å². The van der Waals surface area contributed by atoms with Crippen molar-refractivity contribution in [3.63, 3.8) is 0 Å². The lowest BCUT2D eigenvalue weighted by molar-refractivity contribution is -0.116. The largest absolute Gasteiger partial charge is 0.383 e. The highest BCUT2D eigenvalue weighted by atomic mass is 16.5. The quantitative estimate of drug-likeness (QED) is 0.625. The Kier molecular flexibility index (Phi) is 6.45. The predicted octanol–water partition coefficient (Wildman–Crippen LogP) is 3.82. The topological polar surface area (TPSA) is 72.4 Å². The first kappa shape index (κ1) is 19.6. The monoisotopic (exact) mass is 379 g/mol. The van der Waals surface area contributed by atoms with Crippen LogP contribution in [0.5, 0.6) is 0 Å². The van der Waals surface area contributed by atoms with Gasteiger partial charge in [0.05, 0.1) is 6.61 Å². The van der Waals surface area contributed by atoms with Crippen molar-refractivity contribution in [2.75, 3.05) is 24.4 Å². The van der Waals surface area contributed by atoms with Gasteiger partial charge in [0.1, 0.15) is 0 Å². The number of methoxy groups -OCH3 is 1. The molecule has 2 aromatic carbocycles. The molecule has 146 valence electrons. The van der Waals surface area contributed by atoms with E-state index in [1.54, 1.807) is 31.4 Å². The highest BCUT2D eigenvalue weighted by Gasteiger charge is 2.10. The number of hydrogen-bond donors (Lipinski definition) is 2. The van der Waals surface area contributed by atoms with Crippen LogP contribution in [0.15, 0.2) is 54.7 Å². The van der Waals surface area contributed by atoms with Crippen LogP contribution < -0.4 is 10.6 Å². The van der Waals surface area contributed by atoms with Gasteiger partial charge in [-0.2, -0.15) is 0 Å². The van der Waals surface area contributed by atoms with Gasteiger partial charge in [0.15, 0.2) is 0 Å². The summed E-state index contributed by atoms with van der Waals surface area (Å²) in [6.45, 7) is 2.87. The molecule has 0 bridgehead atoms. The first-order chi connectivity index (χ1) is 13.6. The Morgan fingerprint density at radius 3 is 2.54 bits per heavy atom. The van der Waals surface area contributed by atoms with Gasteiger partial charge in [0.25, 0.3) is 0 Å². The number of anilines is 2. The van der Waals surface area contributed by atoms with E-state index in [0.29, 0.717) is 30.8 Å². The molecule has 0 spiro atoms. The van der Waals surface area contributed by atoms with Crippen LogP contribution in [0.3, 0.4) is 0 Å². The Balaban J connectivity index is 1.65. The number of fused-ring (bicyclic) bond motifs is 1. The molecule has 0 saturated carbocycles. The van der Waals surface area contributed by atoms with Gasteiger partial charge in [0, 0.05) is 55.5 Å². The van der Waals surface area contributed by atoms with E-state index in [9.17, 15) is 9.59 Å². The normalized spacial score (nSPS) is 10.8. The highest BCUT2D eigenvalue weighted by molar-refractivity contribution is 5.93. The highest BCUT2D eigenvalue weighted by Crippen LogP contribution is 2.23. The first-order valence-corrected chi connectivity index (χ1v) is 9.30. The maximum absolute atomic E-state index is 12.4. The Morgan fingerprint density at radius 1 is 1.04 bits per heavy atom. The number of nitrogens with zero attached hydrogens (tertiary/aromatic N) is 1. The van der Waals surface area contributed by atoms with E-state index in [0.717, 1.165) is 17.6 Å². The number of ether oxygens (including phenoxy) is 1. The third-order valence-electron chi connectivity index (χ3n) is 4.50. The Labute approximate surface area is 164 Å². The zero-order chi connectivity index (χ0) is 19.9. The SMILES string of the molecule is COCCn1cc(CCC(=O)Nc2cccc(NC(C)=O)c2)c2ccccc21. The minimum absolute atomic E-state index is 0.0614. The van der Waals surface area contributed by atoms with Gasteiger partial charge >= 0.3 is 0 Å². The maximum Gasteiger partial charge on any atom is 0.224 e. The van der Waals surface area contributed by atoms with Crippen LogP contribution in [-0.4, -0.2) is 30.1 Å². The summed E-state index contributed by atoms with van der Waals surface area (Å²) in [5.41, 5.74) is 3.62. The number of nitrogens with one attached hydrogen (secondary N) is 2. The van der Waals surface area contributed by atoms with Crippen molar-refractivity contribution < 1.29 is 14.3 Å². The average Bonchev–Trinajstić information content (AvgIpc) is 3.02. The van der Waals surface area contributed by atoms with Crippen LogP contribution in [0, 0.1) is 0 Å². The zero-order valence-corrected chi connectivity index (χ0v) is 16.2. The summed E-state index contributed by atoms with van der Waals surface area (Å²) in [5.74, 6) is -0.206. The van der Waals surface area contributed by atoms with E-state index in [4.69, 9.17) is 4.74 Å². The number of benzene rings is 2. The van der Waals surface area contributed by atoms with Gasteiger partial charge in [-0.25, -0.2) is 0 Å². The minimum atomic E-state index is -0.145. The molecule has 0 fully saturated rings. The molecule has 1 aromatic heterocycles. The Bertz CT molecular complexity index is 978. The summed E-state index contributed by atoms with van der Waals surface area (Å²) in [6, 6.07) is 15.3. The molecule has 28 heavy (non-hydrogen) atoms. The smallest absolute Gasteiger partial charge is 0.224 e. The van der Waals surface area contributed by atoms with Gasteiger partial charge in [0.2, 0.25) is 11.8 Å². The van der Waals surface area contributed by atoms with Crippen LogP contribution in [0.2, 0.25) is 0 Å². The second kappa shape index (κ2) is 9.19. The molecule has 3 rings (SSSR count). The summed E-state index contributed by atoms with van der Waals surface area (Å²) in [4.78, 5) is 23.6. The Hall–Kier alpha value is -3.12. The van der Waals surface area contributed by atoms with Gasteiger partial charge in [-0.15, -0.1) is 0 Å². The van der Waals surface area contributed by atoms with Gasteiger partial charge in [-0.1, -0.05) is 24.3 Å². The number of rotatable bonds is 8. The van der Waals surface area contributed by atoms with Gasteiger partial charge in [-0.05, 0) is 36.2 Å². The molecule has 0 saturated heterocycles. The summed E-state index contributed by atoms with van der Waals surface area (Å²) in [6.07, 6.45) is 3.13. The number of aryl methyl sites for hydroxylation is 1. The second-order valence-electron chi connectivity index (χ2n) is 6.67. The van der Waals surface area contributed by atoms with Crippen molar-refractivity contribution in [3.8, 4) is 0 Å². The van der Waals surface area contributed by atoms with Crippen molar-refractivity contribution >= 4 is 34.1 Å². The number of carbonyl (C=O) groups is 2. The number of para-hydroxylation sites is 1. The molecular weight excluding hydrogens is 354 g/mol. The average molecular weight is 379 g/mol. The number of carbonyl (C=O) groups excluding carboxylic acids is 2. The number of hydrogen-bond acceptors (Lipinski definition) is 3. The fraction of sp³-hybridized carbons (Fsp3) is 0.273. The van der Waals surface area contributed by atoms with Crippen molar-refractivity contribution in [1.29, 1.82) is 0 Å². The fourth-order valence-corrected chi connectivity index (χ4v) is 3.25. The van der Waals surface area contributed by atoms with Crippen molar-refractivity contribution in [2.45, 2.75) is 26.3 Å². The molecule has 3 aromatic rings.